The van der Waals surface area contributed by atoms with Crippen molar-refractivity contribution < 1.29 is 14.3 Å². The number of methoxy groups -OCH3 is 1. The fourth-order valence-electron chi connectivity index (χ4n) is 3.57. The van der Waals surface area contributed by atoms with Gasteiger partial charge in [0.2, 0.25) is 17.8 Å². The molecule has 0 radical (unpaired) electrons. The van der Waals surface area contributed by atoms with Crippen molar-refractivity contribution in [2.24, 2.45) is 5.73 Å². The zero-order chi connectivity index (χ0) is 21.0. The number of primary amides is 1. The van der Waals surface area contributed by atoms with Gasteiger partial charge in [-0.2, -0.15) is 0 Å². The summed E-state index contributed by atoms with van der Waals surface area (Å²) in [6, 6.07) is 6.94. The zero-order valence-electron chi connectivity index (χ0n) is 17.1. The van der Waals surface area contributed by atoms with Crippen molar-refractivity contribution in [2.45, 2.75) is 25.3 Å². The standard InChI is InChI=1S/C21H27N5O3/c1-25(2)21-23-13-16(14-6-8-15(9-7-14)20(22)28)19(24-21)17-5-4-11-26(17)18(27)10-12-29-3/h6-9,13,17H,4-5,10-12H2,1-3H3,(H2,22,28)/t17-/m1/s1. The van der Waals surface area contributed by atoms with Crippen LogP contribution in [0.2, 0.25) is 0 Å². The van der Waals surface area contributed by atoms with Gasteiger partial charge in [0.1, 0.15) is 0 Å². The molecule has 29 heavy (non-hydrogen) atoms. The first-order chi connectivity index (χ1) is 13.9. The molecule has 2 N–H and O–H groups in total. The molecule has 2 aromatic rings. The molecule has 1 fully saturated rings. The van der Waals surface area contributed by atoms with E-state index >= 15 is 0 Å². The number of nitrogens with zero attached hydrogens (tertiary/aromatic N) is 4. The van der Waals surface area contributed by atoms with Gasteiger partial charge in [-0.25, -0.2) is 9.97 Å². The summed E-state index contributed by atoms with van der Waals surface area (Å²) in [5.41, 5.74) is 8.35. The van der Waals surface area contributed by atoms with Crippen LogP contribution in [0.4, 0.5) is 5.95 Å². The zero-order valence-corrected chi connectivity index (χ0v) is 17.1. The predicted octanol–water partition coefficient (Wildman–Crippen LogP) is 2.01. The van der Waals surface area contributed by atoms with Gasteiger partial charge in [-0.05, 0) is 30.5 Å². The number of nitrogens with two attached hydrogens (primary N) is 1. The Bertz CT molecular complexity index is 882. The molecule has 1 aliphatic rings. The minimum Gasteiger partial charge on any atom is -0.384 e. The Balaban J connectivity index is 2.02. The number of aromatic nitrogens is 2. The molecule has 1 aromatic carbocycles. The van der Waals surface area contributed by atoms with Crippen molar-refractivity contribution >= 4 is 17.8 Å². The van der Waals surface area contributed by atoms with Crippen molar-refractivity contribution in [1.82, 2.24) is 14.9 Å². The average molecular weight is 397 g/mol. The summed E-state index contributed by atoms with van der Waals surface area (Å²) in [6.45, 7) is 1.10. The lowest BCUT2D eigenvalue weighted by Gasteiger charge is -2.27. The number of ether oxygens (including phenoxy) is 1. The molecule has 3 rings (SSSR count). The molecule has 2 heterocycles. The summed E-state index contributed by atoms with van der Waals surface area (Å²) in [5.74, 6) is 0.185. The van der Waals surface area contributed by atoms with E-state index in [0.29, 0.717) is 31.1 Å². The first kappa shape index (κ1) is 20.7. The number of carbonyl (C=O) groups is 2. The highest BCUT2D eigenvalue weighted by atomic mass is 16.5. The van der Waals surface area contributed by atoms with Crippen LogP contribution in [0.3, 0.4) is 0 Å². The molecule has 1 saturated heterocycles. The lowest BCUT2D eigenvalue weighted by atomic mass is 9.98. The summed E-state index contributed by atoms with van der Waals surface area (Å²) < 4.78 is 5.07. The highest BCUT2D eigenvalue weighted by Crippen LogP contribution is 2.37. The Hall–Kier alpha value is -3.00. The number of hydrogen-bond donors (Lipinski definition) is 1. The molecule has 0 saturated carbocycles. The number of rotatable bonds is 7. The third kappa shape index (κ3) is 4.54. The van der Waals surface area contributed by atoms with Crippen molar-refractivity contribution in [3.63, 3.8) is 0 Å². The van der Waals surface area contributed by atoms with Gasteiger partial charge in [-0.3, -0.25) is 9.59 Å². The van der Waals surface area contributed by atoms with E-state index < -0.39 is 5.91 Å². The van der Waals surface area contributed by atoms with Crippen LogP contribution in [0.25, 0.3) is 11.1 Å². The molecule has 0 spiro atoms. The SMILES string of the molecule is COCCC(=O)N1CCC[C@@H]1c1nc(N(C)C)ncc1-c1ccc(C(N)=O)cc1. The summed E-state index contributed by atoms with van der Waals surface area (Å²) in [4.78, 5) is 37.1. The molecule has 1 aromatic heterocycles. The maximum absolute atomic E-state index is 12.7. The second-order valence-corrected chi connectivity index (χ2v) is 7.29. The Labute approximate surface area is 170 Å². The van der Waals surface area contributed by atoms with Crippen LogP contribution in [0.1, 0.15) is 41.4 Å². The molecule has 0 bridgehead atoms. The Kier molecular flexibility index (Phi) is 6.43. The molecule has 0 unspecified atom stereocenters. The molecule has 1 atom stereocenters. The highest BCUT2D eigenvalue weighted by Gasteiger charge is 2.33. The summed E-state index contributed by atoms with van der Waals surface area (Å²) >= 11 is 0. The fraction of sp³-hybridized carbons (Fsp3) is 0.429. The molecule has 0 aliphatic carbocycles. The van der Waals surface area contributed by atoms with Gasteiger partial charge in [0.25, 0.3) is 0 Å². The van der Waals surface area contributed by atoms with Gasteiger partial charge in [-0.15, -0.1) is 0 Å². The van der Waals surface area contributed by atoms with E-state index in [1.807, 2.05) is 36.0 Å². The third-order valence-electron chi connectivity index (χ3n) is 5.09. The second-order valence-electron chi connectivity index (χ2n) is 7.29. The van der Waals surface area contributed by atoms with Gasteiger partial charge < -0.3 is 20.3 Å². The lowest BCUT2D eigenvalue weighted by molar-refractivity contribution is -0.133. The van der Waals surface area contributed by atoms with Gasteiger partial charge in [0.15, 0.2) is 0 Å². The summed E-state index contributed by atoms with van der Waals surface area (Å²) in [5, 5.41) is 0. The third-order valence-corrected chi connectivity index (χ3v) is 5.09. The van der Waals surface area contributed by atoms with Gasteiger partial charge in [-0.1, -0.05) is 12.1 Å². The number of benzene rings is 1. The van der Waals surface area contributed by atoms with E-state index in [2.05, 4.69) is 4.98 Å². The monoisotopic (exact) mass is 397 g/mol. The Morgan fingerprint density at radius 2 is 2.00 bits per heavy atom. The van der Waals surface area contributed by atoms with Crippen LogP contribution in [0.15, 0.2) is 30.5 Å². The minimum absolute atomic E-state index is 0.0643. The molecule has 154 valence electrons. The maximum atomic E-state index is 12.7. The van der Waals surface area contributed by atoms with Gasteiger partial charge in [0, 0.05) is 45.1 Å². The van der Waals surface area contributed by atoms with Crippen LogP contribution in [-0.2, 0) is 9.53 Å². The summed E-state index contributed by atoms with van der Waals surface area (Å²) in [6.07, 6.45) is 3.90. The number of likely N-dealkylation sites (tertiary alicyclic amines) is 1. The quantitative estimate of drug-likeness (QED) is 0.767. The molecule has 8 heteroatoms. The predicted molar refractivity (Wildman–Crippen MR) is 110 cm³/mol. The first-order valence-electron chi connectivity index (χ1n) is 9.65. The Morgan fingerprint density at radius 3 is 2.62 bits per heavy atom. The normalized spacial score (nSPS) is 16.1. The van der Waals surface area contributed by atoms with E-state index in [-0.39, 0.29) is 11.9 Å². The van der Waals surface area contributed by atoms with Crippen LogP contribution >= 0.6 is 0 Å². The minimum atomic E-state index is -0.471. The van der Waals surface area contributed by atoms with Crippen LogP contribution in [0.5, 0.6) is 0 Å². The second kappa shape index (κ2) is 9.00. The van der Waals surface area contributed by atoms with Crippen molar-refractivity contribution in [3.8, 4) is 11.1 Å². The van der Waals surface area contributed by atoms with Gasteiger partial charge in [0.05, 0.1) is 24.8 Å². The number of hydrogen-bond acceptors (Lipinski definition) is 6. The van der Waals surface area contributed by atoms with Crippen molar-refractivity contribution in [1.29, 1.82) is 0 Å². The van der Waals surface area contributed by atoms with E-state index in [9.17, 15) is 9.59 Å². The van der Waals surface area contributed by atoms with Crippen LogP contribution in [-0.4, -0.2) is 61.0 Å². The number of carbonyl (C=O) groups excluding carboxylic acids is 2. The number of anilines is 1. The molecular formula is C21H27N5O3. The Morgan fingerprint density at radius 1 is 1.28 bits per heavy atom. The molecule has 8 nitrogen and oxygen atoms in total. The van der Waals surface area contributed by atoms with Gasteiger partial charge >= 0.3 is 0 Å². The topological polar surface area (TPSA) is 102 Å². The van der Waals surface area contributed by atoms with Crippen molar-refractivity contribution in [3.05, 3.63) is 41.7 Å². The average Bonchev–Trinajstić information content (AvgIpc) is 3.21. The maximum Gasteiger partial charge on any atom is 0.248 e. The molecule has 2 amide bonds. The van der Waals surface area contributed by atoms with E-state index in [4.69, 9.17) is 15.5 Å². The van der Waals surface area contributed by atoms with E-state index in [0.717, 1.165) is 29.7 Å². The lowest BCUT2D eigenvalue weighted by Crippen LogP contribution is -2.32. The fourth-order valence-corrected chi connectivity index (χ4v) is 3.57. The smallest absolute Gasteiger partial charge is 0.248 e. The van der Waals surface area contributed by atoms with Crippen LogP contribution in [0, 0.1) is 0 Å². The van der Waals surface area contributed by atoms with E-state index in [1.165, 1.54) is 0 Å². The highest BCUT2D eigenvalue weighted by molar-refractivity contribution is 5.93. The molecule has 1 aliphatic heterocycles. The molecular weight excluding hydrogens is 370 g/mol. The van der Waals surface area contributed by atoms with Crippen LogP contribution < -0.4 is 10.6 Å². The van der Waals surface area contributed by atoms with Crippen molar-refractivity contribution in [2.75, 3.05) is 39.3 Å². The summed E-state index contributed by atoms with van der Waals surface area (Å²) in [7, 11) is 5.36. The first-order valence-corrected chi connectivity index (χ1v) is 9.65. The largest absolute Gasteiger partial charge is 0.384 e. The van der Waals surface area contributed by atoms with E-state index in [1.54, 1.807) is 25.4 Å². The number of amides is 2.